The second-order valence-electron chi connectivity index (χ2n) is 9.17. The van der Waals surface area contributed by atoms with Crippen LogP contribution in [0.25, 0.3) is 11.3 Å². The zero-order valence-electron chi connectivity index (χ0n) is 20.0. The standard InChI is InChI=1S/C27H28N6O3/c1-2-33-11-10-19(15-33)30-27(36)24-25(28)29-14-21(31-24)17-7-5-8-18(12-17)26(35)32-23-20-9-4-3-6-16(20)13-22(23)34/h3-9,12,14,19,23H,2,10-11,13,15H2,1H3,(H2,28,29)(H,30,36)(H,32,35)/t19-,23+/m0/s1. The van der Waals surface area contributed by atoms with E-state index in [1.807, 2.05) is 24.3 Å². The van der Waals surface area contributed by atoms with Gasteiger partial charge in [0.2, 0.25) is 0 Å². The zero-order chi connectivity index (χ0) is 25.2. The van der Waals surface area contributed by atoms with Gasteiger partial charge < -0.3 is 21.3 Å². The number of aromatic nitrogens is 2. The van der Waals surface area contributed by atoms with Gasteiger partial charge in [-0.25, -0.2) is 9.97 Å². The van der Waals surface area contributed by atoms with Crippen molar-refractivity contribution in [3.63, 3.8) is 0 Å². The van der Waals surface area contributed by atoms with E-state index in [1.54, 1.807) is 24.3 Å². The maximum Gasteiger partial charge on any atom is 0.274 e. The molecule has 1 fully saturated rings. The molecule has 9 heteroatoms. The van der Waals surface area contributed by atoms with Crippen LogP contribution in [0.5, 0.6) is 0 Å². The fourth-order valence-electron chi connectivity index (χ4n) is 4.83. The highest BCUT2D eigenvalue weighted by atomic mass is 16.2. The Hall–Kier alpha value is -4.11. The number of likely N-dealkylation sites (N-methyl/N-ethyl adjacent to an activating group) is 1. The number of amides is 2. The fraction of sp³-hybridized carbons (Fsp3) is 0.296. The zero-order valence-corrected chi connectivity index (χ0v) is 20.0. The molecule has 5 rings (SSSR count). The molecule has 4 N–H and O–H groups in total. The molecule has 2 amide bonds. The predicted molar refractivity (Wildman–Crippen MR) is 135 cm³/mol. The van der Waals surface area contributed by atoms with E-state index in [2.05, 4.69) is 32.4 Å². The Kier molecular flexibility index (Phi) is 6.47. The molecule has 0 radical (unpaired) electrons. The second-order valence-corrected chi connectivity index (χ2v) is 9.17. The Labute approximate surface area is 209 Å². The molecule has 1 aliphatic heterocycles. The molecular weight excluding hydrogens is 456 g/mol. The Morgan fingerprint density at radius 3 is 2.75 bits per heavy atom. The van der Waals surface area contributed by atoms with Crippen LogP contribution < -0.4 is 16.4 Å². The highest BCUT2D eigenvalue weighted by molar-refractivity contribution is 6.01. The molecule has 1 saturated heterocycles. The summed E-state index contributed by atoms with van der Waals surface area (Å²) in [6.45, 7) is 4.76. The van der Waals surface area contributed by atoms with Crippen molar-refractivity contribution < 1.29 is 14.4 Å². The van der Waals surface area contributed by atoms with Gasteiger partial charge in [-0.1, -0.05) is 43.3 Å². The Morgan fingerprint density at radius 2 is 1.94 bits per heavy atom. The average Bonchev–Trinajstić information content (AvgIpc) is 3.47. The molecule has 1 aliphatic carbocycles. The van der Waals surface area contributed by atoms with Gasteiger partial charge in [0.25, 0.3) is 11.8 Å². The van der Waals surface area contributed by atoms with Crippen molar-refractivity contribution in [1.82, 2.24) is 25.5 Å². The summed E-state index contributed by atoms with van der Waals surface area (Å²) in [6, 6.07) is 13.7. The summed E-state index contributed by atoms with van der Waals surface area (Å²) in [4.78, 5) is 49.3. The van der Waals surface area contributed by atoms with Crippen molar-refractivity contribution in [2.75, 3.05) is 25.4 Å². The smallest absolute Gasteiger partial charge is 0.274 e. The quantitative estimate of drug-likeness (QED) is 0.489. The molecule has 0 saturated carbocycles. The van der Waals surface area contributed by atoms with E-state index in [1.165, 1.54) is 6.20 Å². The number of ketones is 1. The number of hydrogen-bond acceptors (Lipinski definition) is 7. The molecule has 2 heterocycles. The Bertz CT molecular complexity index is 1340. The number of Topliss-reactive ketones (excluding diaryl/α,β-unsaturated/α-hetero) is 1. The molecule has 184 valence electrons. The molecule has 3 aromatic rings. The number of nitrogen functional groups attached to an aromatic ring is 1. The van der Waals surface area contributed by atoms with Crippen LogP contribution in [-0.4, -0.2) is 58.1 Å². The van der Waals surface area contributed by atoms with E-state index in [0.29, 0.717) is 23.2 Å². The van der Waals surface area contributed by atoms with Crippen molar-refractivity contribution in [2.24, 2.45) is 0 Å². The van der Waals surface area contributed by atoms with Crippen LogP contribution >= 0.6 is 0 Å². The third-order valence-electron chi connectivity index (χ3n) is 6.82. The summed E-state index contributed by atoms with van der Waals surface area (Å²) in [7, 11) is 0. The SMILES string of the molecule is CCN1CC[C@H](NC(=O)c2nc(-c3cccc(C(=O)N[C@H]4C(=O)Cc5ccccc54)c3)cnc2N)C1. The van der Waals surface area contributed by atoms with Crippen molar-refractivity contribution in [1.29, 1.82) is 0 Å². The number of anilines is 1. The third kappa shape index (κ3) is 4.70. The summed E-state index contributed by atoms with van der Waals surface area (Å²) in [5, 5.41) is 5.86. The number of benzene rings is 2. The van der Waals surface area contributed by atoms with E-state index in [-0.39, 0.29) is 35.2 Å². The molecule has 2 atom stereocenters. The van der Waals surface area contributed by atoms with Crippen LogP contribution in [0.2, 0.25) is 0 Å². The topological polar surface area (TPSA) is 130 Å². The van der Waals surface area contributed by atoms with Crippen LogP contribution in [0.1, 0.15) is 51.4 Å². The first-order valence-electron chi connectivity index (χ1n) is 12.1. The number of carbonyl (C=O) groups excluding carboxylic acids is 3. The summed E-state index contributed by atoms with van der Waals surface area (Å²) < 4.78 is 0. The largest absolute Gasteiger partial charge is 0.382 e. The monoisotopic (exact) mass is 484 g/mol. The lowest BCUT2D eigenvalue weighted by atomic mass is 10.1. The van der Waals surface area contributed by atoms with Crippen molar-refractivity contribution >= 4 is 23.4 Å². The normalized spacial score (nSPS) is 19.2. The second kappa shape index (κ2) is 9.87. The first kappa shape index (κ1) is 23.6. The number of nitrogens with zero attached hydrogens (tertiary/aromatic N) is 3. The van der Waals surface area contributed by atoms with Crippen LogP contribution in [0.3, 0.4) is 0 Å². The van der Waals surface area contributed by atoms with Gasteiger partial charge in [-0.15, -0.1) is 0 Å². The number of nitrogens with one attached hydrogen (secondary N) is 2. The van der Waals surface area contributed by atoms with Crippen LogP contribution in [0.4, 0.5) is 5.82 Å². The maximum atomic E-state index is 13.0. The number of rotatable bonds is 6. The van der Waals surface area contributed by atoms with Gasteiger partial charge in [0, 0.05) is 36.7 Å². The van der Waals surface area contributed by atoms with E-state index in [4.69, 9.17) is 5.73 Å². The molecule has 1 aromatic heterocycles. The average molecular weight is 485 g/mol. The summed E-state index contributed by atoms with van der Waals surface area (Å²) in [5.41, 5.74) is 9.21. The van der Waals surface area contributed by atoms with Gasteiger partial charge in [0.05, 0.1) is 11.9 Å². The third-order valence-corrected chi connectivity index (χ3v) is 6.82. The molecular formula is C27H28N6O3. The first-order chi connectivity index (χ1) is 17.4. The minimum absolute atomic E-state index is 0.0370. The molecule has 36 heavy (non-hydrogen) atoms. The summed E-state index contributed by atoms with van der Waals surface area (Å²) in [6.07, 6.45) is 2.66. The summed E-state index contributed by atoms with van der Waals surface area (Å²) >= 11 is 0. The summed E-state index contributed by atoms with van der Waals surface area (Å²) in [5.74, 6) is -0.717. The molecule has 0 bridgehead atoms. The maximum absolute atomic E-state index is 13.0. The minimum atomic E-state index is -0.664. The van der Waals surface area contributed by atoms with Crippen LogP contribution in [0, 0.1) is 0 Å². The first-order valence-corrected chi connectivity index (χ1v) is 12.1. The van der Waals surface area contributed by atoms with Crippen molar-refractivity contribution in [3.05, 3.63) is 77.1 Å². The van der Waals surface area contributed by atoms with Crippen molar-refractivity contribution in [2.45, 2.75) is 31.8 Å². The minimum Gasteiger partial charge on any atom is -0.382 e. The Morgan fingerprint density at radius 1 is 1.11 bits per heavy atom. The van der Waals surface area contributed by atoms with Gasteiger partial charge in [0.15, 0.2) is 17.3 Å². The highest BCUT2D eigenvalue weighted by Gasteiger charge is 2.31. The van der Waals surface area contributed by atoms with Gasteiger partial charge in [-0.05, 0) is 36.2 Å². The van der Waals surface area contributed by atoms with Gasteiger partial charge in [-0.2, -0.15) is 0 Å². The van der Waals surface area contributed by atoms with Crippen LogP contribution in [-0.2, 0) is 11.2 Å². The number of nitrogens with two attached hydrogens (primary N) is 1. The van der Waals surface area contributed by atoms with Crippen LogP contribution in [0.15, 0.2) is 54.7 Å². The molecule has 9 nitrogen and oxygen atoms in total. The number of carbonyl (C=O) groups is 3. The van der Waals surface area contributed by atoms with E-state index in [0.717, 1.165) is 37.2 Å². The number of hydrogen-bond donors (Lipinski definition) is 3. The van der Waals surface area contributed by atoms with Crippen molar-refractivity contribution in [3.8, 4) is 11.3 Å². The fourth-order valence-corrected chi connectivity index (χ4v) is 4.83. The van der Waals surface area contributed by atoms with Gasteiger partial charge >= 0.3 is 0 Å². The highest BCUT2D eigenvalue weighted by Crippen LogP contribution is 2.28. The molecule has 2 aromatic carbocycles. The molecule has 0 spiro atoms. The van der Waals surface area contributed by atoms with E-state index >= 15 is 0 Å². The predicted octanol–water partition coefficient (Wildman–Crippen LogP) is 2.15. The van der Waals surface area contributed by atoms with Gasteiger partial charge in [0.1, 0.15) is 6.04 Å². The lowest BCUT2D eigenvalue weighted by Gasteiger charge is -2.15. The van der Waals surface area contributed by atoms with E-state index in [9.17, 15) is 14.4 Å². The van der Waals surface area contributed by atoms with E-state index < -0.39 is 6.04 Å². The lowest BCUT2D eigenvalue weighted by Crippen LogP contribution is -2.38. The molecule has 0 unspecified atom stereocenters. The molecule has 2 aliphatic rings. The lowest BCUT2D eigenvalue weighted by molar-refractivity contribution is -0.119. The number of fused-ring (bicyclic) bond motifs is 1. The van der Waals surface area contributed by atoms with Gasteiger partial charge in [-0.3, -0.25) is 14.4 Å². The Balaban J connectivity index is 1.33. The number of likely N-dealkylation sites (tertiary alicyclic amines) is 1.